The second-order valence-electron chi connectivity index (χ2n) is 3.34. The van der Waals surface area contributed by atoms with Crippen molar-refractivity contribution in [2.75, 3.05) is 0 Å². The fraction of sp³-hybridized carbons (Fsp3) is 0.100. The van der Waals surface area contributed by atoms with Crippen LogP contribution in [0.4, 0.5) is 0 Å². The summed E-state index contributed by atoms with van der Waals surface area (Å²) in [4.78, 5) is 12.7. The molecule has 0 amide bonds. The topological polar surface area (TPSA) is 43.6 Å². The Morgan fingerprint density at radius 3 is 3.00 bits per heavy atom. The molecule has 0 bridgehead atoms. The molecule has 0 radical (unpaired) electrons. The second-order valence-corrected chi connectivity index (χ2v) is 4.59. The molecular weight excluding hydrogens is 244 g/mol. The molecule has 3 aromatic rings. The van der Waals surface area contributed by atoms with Crippen LogP contribution in [0.25, 0.3) is 21.7 Å². The van der Waals surface area contributed by atoms with Gasteiger partial charge in [-0.15, -0.1) is 11.3 Å². The molecule has 0 N–H and O–H groups in total. The van der Waals surface area contributed by atoms with E-state index in [1.54, 1.807) is 17.5 Å². The molecule has 16 heavy (non-hydrogen) atoms. The van der Waals surface area contributed by atoms with E-state index in [1.165, 1.54) is 0 Å². The van der Waals surface area contributed by atoms with Crippen molar-refractivity contribution in [3.05, 3.63) is 29.1 Å². The summed E-state index contributed by atoms with van der Waals surface area (Å²) < 4.78 is 2.93. The summed E-state index contributed by atoms with van der Waals surface area (Å²) in [5.74, 6) is 0.803. The number of fused-ring (bicyclic) bond motifs is 1. The van der Waals surface area contributed by atoms with Crippen LogP contribution in [0.3, 0.4) is 0 Å². The van der Waals surface area contributed by atoms with E-state index in [-0.39, 0.29) is 5.28 Å². The lowest BCUT2D eigenvalue weighted by atomic mass is 10.3. The highest BCUT2D eigenvalue weighted by Crippen LogP contribution is 2.29. The largest absolute Gasteiger partial charge is 0.333 e. The Morgan fingerprint density at radius 1 is 1.38 bits per heavy atom. The Labute approximate surface area is 101 Å². The van der Waals surface area contributed by atoms with E-state index in [9.17, 15) is 0 Å². The van der Waals surface area contributed by atoms with Crippen LogP contribution in [0.1, 0.15) is 0 Å². The quantitative estimate of drug-likeness (QED) is 0.624. The van der Waals surface area contributed by atoms with Crippen molar-refractivity contribution in [1.29, 1.82) is 0 Å². The van der Waals surface area contributed by atoms with E-state index < -0.39 is 0 Å². The lowest BCUT2D eigenvalue weighted by molar-refractivity contribution is 0.919. The predicted octanol–water partition coefficient (Wildman–Crippen LogP) is 2.75. The number of aryl methyl sites for hydroxylation is 1. The Morgan fingerprint density at radius 2 is 2.25 bits per heavy atom. The zero-order valence-electron chi connectivity index (χ0n) is 8.38. The minimum absolute atomic E-state index is 0.254. The van der Waals surface area contributed by atoms with Gasteiger partial charge >= 0.3 is 0 Å². The summed E-state index contributed by atoms with van der Waals surface area (Å²) in [6, 6.07) is 1.93. The molecule has 0 unspecified atom stereocenters. The summed E-state index contributed by atoms with van der Waals surface area (Å²) in [7, 11) is 1.93. The number of imidazole rings is 1. The first-order chi connectivity index (χ1) is 7.75. The lowest BCUT2D eigenvalue weighted by Gasteiger charge is -2.02. The van der Waals surface area contributed by atoms with E-state index in [0.717, 1.165) is 21.7 Å². The van der Waals surface area contributed by atoms with Crippen LogP contribution >= 0.6 is 22.9 Å². The standard InChI is InChI=1S/C10H7ClN4S/c1-15-4-3-12-9(15)7-8-6(2-5-16-8)13-10(11)14-7/h2-5H,1H3. The van der Waals surface area contributed by atoms with Gasteiger partial charge in [0.05, 0.1) is 10.2 Å². The van der Waals surface area contributed by atoms with Crippen molar-refractivity contribution < 1.29 is 0 Å². The molecule has 4 nitrogen and oxygen atoms in total. The highest BCUT2D eigenvalue weighted by molar-refractivity contribution is 7.17. The lowest BCUT2D eigenvalue weighted by Crippen LogP contribution is -1.95. The molecule has 3 heterocycles. The number of hydrogen-bond acceptors (Lipinski definition) is 4. The van der Waals surface area contributed by atoms with Gasteiger partial charge in [0.1, 0.15) is 5.69 Å². The minimum Gasteiger partial charge on any atom is -0.333 e. The predicted molar refractivity (Wildman–Crippen MR) is 64.6 cm³/mol. The smallest absolute Gasteiger partial charge is 0.223 e. The van der Waals surface area contributed by atoms with Crippen molar-refractivity contribution in [3.8, 4) is 11.5 Å². The van der Waals surface area contributed by atoms with Crippen molar-refractivity contribution >= 4 is 33.2 Å². The Hall–Kier alpha value is -1.46. The number of nitrogens with zero attached hydrogens (tertiary/aromatic N) is 4. The van der Waals surface area contributed by atoms with Crippen molar-refractivity contribution in [1.82, 2.24) is 19.5 Å². The summed E-state index contributed by atoms with van der Waals surface area (Å²) in [6.07, 6.45) is 3.62. The van der Waals surface area contributed by atoms with Gasteiger partial charge in [0.2, 0.25) is 5.28 Å². The van der Waals surface area contributed by atoms with Gasteiger partial charge in [-0.1, -0.05) is 0 Å². The number of thiophene rings is 1. The number of rotatable bonds is 1. The Balaban J connectivity index is 2.38. The van der Waals surface area contributed by atoms with Gasteiger partial charge in [-0.3, -0.25) is 0 Å². The first-order valence-electron chi connectivity index (χ1n) is 4.64. The molecule has 0 atom stereocenters. The molecule has 0 spiro atoms. The van der Waals surface area contributed by atoms with Crippen molar-refractivity contribution in [2.24, 2.45) is 7.05 Å². The molecule has 3 rings (SSSR count). The van der Waals surface area contributed by atoms with Crippen LogP contribution in [0.5, 0.6) is 0 Å². The molecule has 0 aliphatic heterocycles. The molecule has 0 saturated carbocycles. The third-order valence-corrected chi connectivity index (χ3v) is 3.39. The first kappa shape index (κ1) is 9.74. The van der Waals surface area contributed by atoms with Crippen LogP contribution in [0.15, 0.2) is 23.8 Å². The van der Waals surface area contributed by atoms with Crippen molar-refractivity contribution in [2.45, 2.75) is 0 Å². The highest BCUT2D eigenvalue weighted by Gasteiger charge is 2.13. The maximum atomic E-state index is 5.90. The third-order valence-electron chi connectivity index (χ3n) is 2.31. The maximum Gasteiger partial charge on any atom is 0.223 e. The summed E-state index contributed by atoms with van der Waals surface area (Å²) in [5.41, 5.74) is 1.65. The fourth-order valence-corrected chi connectivity index (χ4v) is 2.57. The van der Waals surface area contributed by atoms with Gasteiger partial charge < -0.3 is 4.57 Å². The second kappa shape index (κ2) is 3.54. The van der Waals surface area contributed by atoms with E-state index in [1.807, 2.05) is 29.3 Å². The summed E-state index contributed by atoms with van der Waals surface area (Å²) >= 11 is 7.49. The molecule has 3 aromatic heterocycles. The van der Waals surface area contributed by atoms with Gasteiger partial charge in [-0.2, -0.15) is 0 Å². The van der Waals surface area contributed by atoms with E-state index in [2.05, 4.69) is 15.0 Å². The highest BCUT2D eigenvalue weighted by atomic mass is 35.5. The average molecular weight is 251 g/mol. The Kier molecular flexibility index (Phi) is 2.15. The molecule has 80 valence electrons. The summed E-state index contributed by atoms with van der Waals surface area (Å²) in [5, 5.41) is 2.23. The van der Waals surface area contributed by atoms with Gasteiger partial charge in [-0.25, -0.2) is 15.0 Å². The normalized spacial score (nSPS) is 11.1. The number of hydrogen-bond donors (Lipinski definition) is 0. The van der Waals surface area contributed by atoms with Crippen LogP contribution in [-0.4, -0.2) is 19.5 Å². The van der Waals surface area contributed by atoms with E-state index >= 15 is 0 Å². The zero-order chi connectivity index (χ0) is 11.1. The average Bonchev–Trinajstić information content (AvgIpc) is 2.84. The van der Waals surface area contributed by atoms with E-state index in [4.69, 9.17) is 11.6 Å². The van der Waals surface area contributed by atoms with Gasteiger partial charge in [0.15, 0.2) is 5.82 Å². The third kappa shape index (κ3) is 1.40. The van der Waals surface area contributed by atoms with Crippen molar-refractivity contribution in [3.63, 3.8) is 0 Å². The maximum absolute atomic E-state index is 5.90. The van der Waals surface area contributed by atoms with Gasteiger partial charge in [0.25, 0.3) is 0 Å². The van der Waals surface area contributed by atoms with E-state index in [0.29, 0.717) is 0 Å². The Bertz CT molecular complexity index is 658. The molecule has 0 aliphatic carbocycles. The zero-order valence-corrected chi connectivity index (χ0v) is 9.96. The van der Waals surface area contributed by atoms with Crippen LogP contribution in [-0.2, 0) is 7.05 Å². The SMILES string of the molecule is Cn1ccnc1-c1nc(Cl)nc2ccsc12. The molecule has 6 heteroatoms. The molecular formula is C10H7ClN4S. The van der Waals surface area contributed by atoms with Gasteiger partial charge in [0, 0.05) is 19.4 Å². The number of halogens is 1. The molecule has 0 fully saturated rings. The number of aromatic nitrogens is 4. The molecule has 0 aliphatic rings. The van der Waals surface area contributed by atoms with Crippen LogP contribution in [0.2, 0.25) is 5.28 Å². The first-order valence-corrected chi connectivity index (χ1v) is 5.90. The van der Waals surface area contributed by atoms with Gasteiger partial charge in [-0.05, 0) is 23.0 Å². The van der Waals surface area contributed by atoms with Crippen LogP contribution < -0.4 is 0 Å². The molecule has 0 aromatic carbocycles. The van der Waals surface area contributed by atoms with Crippen LogP contribution in [0, 0.1) is 0 Å². The minimum atomic E-state index is 0.254. The monoisotopic (exact) mass is 250 g/mol. The fourth-order valence-electron chi connectivity index (χ4n) is 1.58. The molecule has 0 saturated heterocycles. The summed E-state index contributed by atoms with van der Waals surface area (Å²) in [6.45, 7) is 0.